The smallest absolute Gasteiger partial charge is 0.257 e. The summed E-state index contributed by atoms with van der Waals surface area (Å²) in [5.41, 5.74) is 0.563. The number of benzene rings is 1. The Balaban J connectivity index is 1.93. The third-order valence-corrected chi connectivity index (χ3v) is 5.22. The van der Waals surface area contributed by atoms with Gasteiger partial charge in [0.25, 0.3) is 5.91 Å². The van der Waals surface area contributed by atoms with Gasteiger partial charge >= 0.3 is 0 Å². The maximum atomic E-state index is 14.1. The van der Waals surface area contributed by atoms with Crippen LogP contribution in [0, 0.1) is 11.6 Å². The molecule has 0 fully saturated rings. The van der Waals surface area contributed by atoms with Crippen LogP contribution in [0.15, 0.2) is 40.3 Å². The summed E-state index contributed by atoms with van der Waals surface area (Å²) in [5.74, 6) is -1.71. The van der Waals surface area contributed by atoms with Gasteiger partial charge in [-0.3, -0.25) is 9.48 Å². The first-order valence-electron chi connectivity index (χ1n) is 7.34. The molecule has 2 heterocycles. The summed E-state index contributed by atoms with van der Waals surface area (Å²) < 4.78 is 29.7. The number of thiophene rings is 1. The lowest BCUT2D eigenvalue weighted by Crippen LogP contribution is -2.26. The van der Waals surface area contributed by atoms with Gasteiger partial charge in [-0.25, -0.2) is 8.78 Å². The van der Waals surface area contributed by atoms with Crippen molar-refractivity contribution in [2.45, 2.75) is 6.54 Å². The normalized spacial score (nSPS) is 10.9. The Labute approximate surface area is 155 Å². The predicted molar refractivity (Wildman–Crippen MR) is 96.4 cm³/mol. The molecule has 130 valence electrons. The summed E-state index contributed by atoms with van der Waals surface area (Å²) in [4.78, 5) is 15.4. The van der Waals surface area contributed by atoms with Gasteiger partial charge in [-0.05, 0) is 40.2 Å². The maximum absolute atomic E-state index is 14.1. The van der Waals surface area contributed by atoms with Crippen LogP contribution in [0.4, 0.5) is 8.78 Å². The standard InChI is InChI=1S/C17H14BrF2N3OS/c1-22(8-11-4-6-15(18)25-11)17(24)13-9-23(2)21-16(13)12-5-3-10(19)7-14(12)20/h3-7,9H,8H2,1-2H3. The highest BCUT2D eigenvalue weighted by Gasteiger charge is 2.23. The summed E-state index contributed by atoms with van der Waals surface area (Å²) in [7, 11) is 3.33. The highest BCUT2D eigenvalue weighted by Crippen LogP contribution is 2.27. The lowest BCUT2D eigenvalue weighted by atomic mass is 10.1. The molecule has 0 atom stereocenters. The Morgan fingerprint density at radius 1 is 1.32 bits per heavy atom. The molecule has 3 rings (SSSR count). The zero-order valence-corrected chi connectivity index (χ0v) is 15.9. The lowest BCUT2D eigenvalue weighted by molar-refractivity contribution is 0.0787. The number of carbonyl (C=O) groups is 1. The van der Waals surface area contributed by atoms with Crippen LogP contribution in [0.2, 0.25) is 0 Å². The highest BCUT2D eigenvalue weighted by atomic mass is 79.9. The third kappa shape index (κ3) is 3.80. The molecule has 0 N–H and O–H groups in total. The Morgan fingerprint density at radius 2 is 2.08 bits per heavy atom. The first kappa shape index (κ1) is 17.8. The van der Waals surface area contributed by atoms with Crippen molar-refractivity contribution < 1.29 is 13.6 Å². The van der Waals surface area contributed by atoms with Gasteiger partial charge in [0.2, 0.25) is 0 Å². The van der Waals surface area contributed by atoms with Crippen LogP contribution < -0.4 is 0 Å². The third-order valence-electron chi connectivity index (χ3n) is 3.61. The first-order chi connectivity index (χ1) is 11.8. The molecule has 0 radical (unpaired) electrons. The fourth-order valence-electron chi connectivity index (χ4n) is 2.47. The van der Waals surface area contributed by atoms with E-state index in [1.807, 2.05) is 12.1 Å². The van der Waals surface area contributed by atoms with Gasteiger partial charge in [0.1, 0.15) is 17.3 Å². The molecule has 1 amide bonds. The van der Waals surface area contributed by atoms with Crippen LogP contribution in [-0.2, 0) is 13.6 Å². The van der Waals surface area contributed by atoms with Gasteiger partial charge in [-0.2, -0.15) is 5.10 Å². The molecule has 2 aromatic heterocycles. The van der Waals surface area contributed by atoms with Crippen LogP contribution in [0.3, 0.4) is 0 Å². The van der Waals surface area contributed by atoms with Crippen molar-refractivity contribution >= 4 is 33.2 Å². The Hall–Kier alpha value is -2.06. The van der Waals surface area contributed by atoms with Crippen molar-refractivity contribution in [2.75, 3.05) is 7.05 Å². The molecule has 8 heteroatoms. The van der Waals surface area contributed by atoms with E-state index in [9.17, 15) is 13.6 Å². The predicted octanol–water partition coefficient (Wildman–Crippen LogP) is 4.46. The topological polar surface area (TPSA) is 38.1 Å². The average molecular weight is 426 g/mol. The van der Waals surface area contributed by atoms with E-state index in [4.69, 9.17) is 0 Å². The van der Waals surface area contributed by atoms with Crippen molar-refractivity contribution in [3.63, 3.8) is 0 Å². The minimum absolute atomic E-state index is 0.0950. The Kier molecular flexibility index (Phi) is 5.01. The molecule has 0 bridgehead atoms. The minimum atomic E-state index is -0.752. The highest BCUT2D eigenvalue weighted by molar-refractivity contribution is 9.11. The van der Waals surface area contributed by atoms with Gasteiger partial charge < -0.3 is 4.90 Å². The van der Waals surface area contributed by atoms with E-state index in [2.05, 4.69) is 21.0 Å². The fraction of sp³-hybridized carbons (Fsp3) is 0.176. The molecule has 4 nitrogen and oxygen atoms in total. The number of aromatic nitrogens is 2. The second-order valence-electron chi connectivity index (χ2n) is 5.56. The number of hydrogen-bond acceptors (Lipinski definition) is 3. The zero-order chi connectivity index (χ0) is 18.1. The van der Waals surface area contributed by atoms with E-state index in [0.717, 1.165) is 20.8 Å². The monoisotopic (exact) mass is 425 g/mol. The second-order valence-corrected chi connectivity index (χ2v) is 8.10. The molecule has 25 heavy (non-hydrogen) atoms. The molecule has 0 aliphatic carbocycles. The largest absolute Gasteiger partial charge is 0.336 e. The molecule has 0 aliphatic rings. The van der Waals surface area contributed by atoms with E-state index in [1.54, 1.807) is 25.2 Å². The summed E-state index contributed by atoms with van der Waals surface area (Å²) in [6.45, 7) is 0.426. The van der Waals surface area contributed by atoms with Crippen LogP contribution in [0.25, 0.3) is 11.3 Å². The van der Waals surface area contributed by atoms with Crippen LogP contribution in [0.5, 0.6) is 0 Å². The number of aryl methyl sites for hydroxylation is 1. The molecule has 1 aromatic carbocycles. The number of rotatable bonds is 4. The minimum Gasteiger partial charge on any atom is -0.336 e. The first-order valence-corrected chi connectivity index (χ1v) is 8.95. The van der Waals surface area contributed by atoms with E-state index < -0.39 is 11.6 Å². The van der Waals surface area contributed by atoms with E-state index >= 15 is 0 Å². The van der Waals surface area contributed by atoms with Crippen molar-refractivity contribution in [2.24, 2.45) is 7.05 Å². The molecule has 0 aliphatic heterocycles. The number of nitrogens with zero attached hydrogens (tertiary/aromatic N) is 3. The lowest BCUT2D eigenvalue weighted by Gasteiger charge is -2.16. The Bertz CT molecular complexity index is 938. The number of halogens is 3. The van der Waals surface area contributed by atoms with Gasteiger partial charge in [-0.15, -0.1) is 11.3 Å². The second kappa shape index (κ2) is 7.05. The number of hydrogen-bond donors (Lipinski definition) is 0. The maximum Gasteiger partial charge on any atom is 0.257 e. The fourth-order valence-corrected chi connectivity index (χ4v) is 4.01. The van der Waals surface area contributed by atoms with Crippen molar-refractivity contribution in [3.8, 4) is 11.3 Å². The van der Waals surface area contributed by atoms with Crippen LogP contribution in [0.1, 0.15) is 15.2 Å². The van der Waals surface area contributed by atoms with Crippen molar-refractivity contribution in [1.29, 1.82) is 0 Å². The van der Waals surface area contributed by atoms with Crippen molar-refractivity contribution in [1.82, 2.24) is 14.7 Å². The van der Waals surface area contributed by atoms with Gasteiger partial charge in [0.15, 0.2) is 0 Å². The molecule has 3 aromatic rings. The number of amides is 1. The number of carbonyl (C=O) groups excluding carboxylic acids is 1. The van der Waals surface area contributed by atoms with Crippen molar-refractivity contribution in [3.05, 3.63) is 62.4 Å². The molecule has 0 saturated heterocycles. The van der Waals surface area contributed by atoms with E-state index in [0.29, 0.717) is 6.54 Å². The quantitative estimate of drug-likeness (QED) is 0.618. The molecular weight excluding hydrogens is 412 g/mol. The van der Waals surface area contributed by atoms with Gasteiger partial charge in [-0.1, -0.05) is 0 Å². The molecular formula is C17H14BrF2N3OS. The molecule has 0 unspecified atom stereocenters. The summed E-state index contributed by atoms with van der Waals surface area (Å²) in [6.07, 6.45) is 1.54. The molecule has 0 spiro atoms. The Morgan fingerprint density at radius 3 is 2.72 bits per heavy atom. The average Bonchev–Trinajstić information content (AvgIpc) is 3.12. The molecule has 0 saturated carbocycles. The van der Waals surface area contributed by atoms with Crippen LogP contribution in [-0.4, -0.2) is 27.6 Å². The summed E-state index contributed by atoms with van der Waals surface area (Å²) in [5, 5.41) is 4.19. The zero-order valence-electron chi connectivity index (χ0n) is 13.5. The summed E-state index contributed by atoms with van der Waals surface area (Å²) >= 11 is 4.93. The SMILES string of the molecule is CN(Cc1ccc(Br)s1)C(=O)c1cn(C)nc1-c1ccc(F)cc1F. The van der Waals surface area contributed by atoms with Gasteiger partial charge in [0, 0.05) is 36.8 Å². The van der Waals surface area contributed by atoms with E-state index in [1.165, 1.54) is 22.1 Å². The van der Waals surface area contributed by atoms with E-state index in [-0.39, 0.29) is 22.7 Å². The van der Waals surface area contributed by atoms with Crippen LogP contribution >= 0.6 is 27.3 Å². The van der Waals surface area contributed by atoms with Gasteiger partial charge in [0.05, 0.1) is 15.9 Å². The summed E-state index contributed by atoms with van der Waals surface area (Å²) in [6, 6.07) is 7.07.